The molecule has 0 amide bonds. The number of aromatic amines is 1. The summed E-state index contributed by atoms with van der Waals surface area (Å²) in [6.07, 6.45) is 0.582. The number of fused-ring (bicyclic) bond motifs is 1. The molecule has 1 fully saturated rings. The summed E-state index contributed by atoms with van der Waals surface area (Å²) in [5.41, 5.74) is 2.63. The lowest BCUT2D eigenvalue weighted by Gasteiger charge is -2.26. The molecule has 0 radical (unpaired) electrons. The second kappa shape index (κ2) is 5.73. The Morgan fingerprint density at radius 2 is 2.15 bits per heavy atom. The van der Waals surface area contributed by atoms with E-state index in [9.17, 15) is 4.79 Å². The number of nitrogens with one attached hydrogen (secondary N) is 2. The second-order valence-corrected chi connectivity index (χ2v) is 5.32. The highest BCUT2D eigenvalue weighted by Gasteiger charge is 2.13. The normalized spacial score (nSPS) is 16.6. The van der Waals surface area contributed by atoms with Gasteiger partial charge in [-0.15, -0.1) is 0 Å². The monoisotopic (exact) mass is 272 g/mol. The Kier molecular flexibility index (Phi) is 3.80. The Hall–Kier alpha value is -1.72. The van der Waals surface area contributed by atoms with Crippen molar-refractivity contribution in [3.63, 3.8) is 0 Å². The number of H-pyrrole nitrogens is 1. The highest BCUT2D eigenvalue weighted by Crippen LogP contribution is 2.15. The molecule has 0 unspecified atom stereocenters. The predicted octanol–water partition coefficient (Wildman–Crippen LogP) is 1.35. The number of nitrogens with zero attached hydrogens (tertiary/aromatic N) is 2. The summed E-state index contributed by atoms with van der Waals surface area (Å²) in [4.78, 5) is 22.1. The molecule has 1 aliphatic rings. The van der Waals surface area contributed by atoms with Crippen LogP contribution in [0.2, 0.25) is 0 Å². The molecular weight excluding hydrogens is 252 g/mol. The zero-order chi connectivity index (χ0) is 13.9. The van der Waals surface area contributed by atoms with Gasteiger partial charge in [0, 0.05) is 44.7 Å². The van der Waals surface area contributed by atoms with Gasteiger partial charge in [-0.05, 0) is 25.1 Å². The lowest BCUT2D eigenvalue weighted by molar-refractivity contribution is 0.0961. The van der Waals surface area contributed by atoms with Crippen molar-refractivity contribution >= 4 is 16.8 Å². The molecular formula is C15H20N4O. The van der Waals surface area contributed by atoms with Gasteiger partial charge in [-0.2, -0.15) is 0 Å². The van der Waals surface area contributed by atoms with Gasteiger partial charge < -0.3 is 15.2 Å². The smallest absolute Gasteiger partial charge is 0.164 e. The molecule has 1 aliphatic heterocycles. The Morgan fingerprint density at radius 1 is 1.35 bits per heavy atom. The summed E-state index contributed by atoms with van der Waals surface area (Å²) in [6.45, 7) is 6.88. The van der Waals surface area contributed by atoms with Crippen molar-refractivity contribution in [3.05, 3.63) is 29.6 Å². The summed E-state index contributed by atoms with van der Waals surface area (Å²) in [6, 6.07) is 5.70. The molecule has 2 N–H and O–H groups in total. The van der Waals surface area contributed by atoms with Crippen LogP contribution in [-0.4, -0.2) is 53.4 Å². The van der Waals surface area contributed by atoms with Crippen LogP contribution in [-0.2, 0) is 0 Å². The van der Waals surface area contributed by atoms with Crippen molar-refractivity contribution in [2.45, 2.75) is 13.3 Å². The van der Waals surface area contributed by atoms with Gasteiger partial charge in [0.05, 0.1) is 11.0 Å². The van der Waals surface area contributed by atoms with Gasteiger partial charge in [-0.25, -0.2) is 4.98 Å². The molecule has 5 nitrogen and oxygen atoms in total. The van der Waals surface area contributed by atoms with Crippen LogP contribution < -0.4 is 5.32 Å². The van der Waals surface area contributed by atoms with Crippen LogP contribution in [0.1, 0.15) is 22.6 Å². The molecule has 1 aromatic carbocycles. The van der Waals surface area contributed by atoms with Crippen LogP contribution in [0.3, 0.4) is 0 Å². The number of rotatable bonds is 4. The van der Waals surface area contributed by atoms with E-state index in [1.807, 2.05) is 25.1 Å². The number of ketones is 1. The third-order valence-electron chi connectivity index (χ3n) is 3.79. The maximum absolute atomic E-state index is 12.3. The molecule has 0 aliphatic carbocycles. The van der Waals surface area contributed by atoms with E-state index in [1.165, 1.54) is 0 Å². The summed E-state index contributed by atoms with van der Waals surface area (Å²) in [7, 11) is 0. The lowest BCUT2D eigenvalue weighted by Crippen LogP contribution is -2.44. The first-order valence-electron chi connectivity index (χ1n) is 7.15. The van der Waals surface area contributed by atoms with Crippen molar-refractivity contribution in [1.82, 2.24) is 20.2 Å². The number of Topliss-reactive ketones (excluding diaryl/α,β-unsaturated/α-hetero) is 1. The van der Waals surface area contributed by atoms with Crippen LogP contribution in [0.4, 0.5) is 0 Å². The van der Waals surface area contributed by atoms with Gasteiger partial charge in [0.2, 0.25) is 0 Å². The molecule has 3 rings (SSSR count). The van der Waals surface area contributed by atoms with Gasteiger partial charge in [0.15, 0.2) is 5.78 Å². The molecule has 1 aromatic heterocycles. The maximum Gasteiger partial charge on any atom is 0.164 e. The summed E-state index contributed by atoms with van der Waals surface area (Å²) < 4.78 is 0. The van der Waals surface area contributed by atoms with Crippen molar-refractivity contribution < 1.29 is 4.79 Å². The third-order valence-corrected chi connectivity index (χ3v) is 3.79. The molecule has 5 heteroatoms. The number of hydrogen-bond donors (Lipinski definition) is 2. The average Bonchev–Trinajstić information content (AvgIpc) is 2.85. The molecule has 0 saturated carbocycles. The molecule has 2 heterocycles. The largest absolute Gasteiger partial charge is 0.342 e. The minimum absolute atomic E-state index is 0.206. The zero-order valence-corrected chi connectivity index (χ0v) is 11.8. The first-order chi connectivity index (χ1) is 9.72. The summed E-state index contributed by atoms with van der Waals surface area (Å²) in [5, 5.41) is 3.32. The molecule has 0 atom stereocenters. The number of benzene rings is 1. The summed E-state index contributed by atoms with van der Waals surface area (Å²) in [5.74, 6) is 1.09. The SMILES string of the molecule is Cc1nc2ccc(C(=O)CCN3CCNCC3)cc2[nH]1. The minimum atomic E-state index is 0.206. The van der Waals surface area contributed by atoms with Crippen LogP contribution in [0, 0.1) is 6.92 Å². The van der Waals surface area contributed by atoms with E-state index in [4.69, 9.17) is 0 Å². The lowest BCUT2D eigenvalue weighted by atomic mass is 10.1. The van der Waals surface area contributed by atoms with Gasteiger partial charge in [-0.3, -0.25) is 4.79 Å². The number of imidazole rings is 1. The van der Waals surface area contributed by atoms with Crippen molar-refractivity contribution in [1.29, 1.82) is 0 Å². The van der Waals surface area contributed by atoms with Gasteiger partial charge in [0.1, 0.15) is 5.82 Å². The Balaban J connectivity index is 1.65. The number of hydrogen-bond acceptors (Lipinski definition) is 4. The average molecular weight is 272 g/mol. The van der Waals surface area contributed by atoms with Crippen LogP contribution in [0.15, 0.2) is 18.2 Å². The third kappa shape index (κ3) is 2.89. The topological polar surface area (TPSA) is 61.0 Å². The standard InChI is InChI=1S/C15H20N4O/c1-11-17-13-3-2-12(10-14(13)18-11)15(20)4-7-19-8-5-16-6-9-19/h2-3,10,16H,4-9H2,1H3,(H,17,18). The molecule has 1 saturated heterocycles. The van der Waals surface area contributed by atoms with Crippen LogP contribution >= 0.6 is 0 Å². The second-order valence-electron chi connectivity index (χ2n) is 5.32. The molecule has 0 bridgehead atoms. The van der Waals surface area contributed by atoms with E-state index in [2.05, 4.69) is 20.2 Å². The zero-order valence-electron chi connectivity index (χ0n) is 11.8. The fraction of sp³-hybridized carbons (Fsp3) is 0.467. The number of aromatic nitrogens is 2. The van der Waals surface area contributed by atoms with Gasteiger partial charge >= 0.3 is 0 Å². The van der Waals surface area contributed by atoms with Crippen molar-refractivity contribution in [2.24, 2.45) is 0 Å². The van der Waals surface area contributed by atoms with E-state index in [1.54, 1.807) is 0 Å². The predicted molar refractivity (Wildman–Crippen MR) is 79.1 cm³/mol. The van der Waals surface area contributed by atoms with E-state index in [0.717, 1.165) is 55.1 Å². The van der Waals surface area contributed by atoms with Crippen LogP contribution in [0.25, 0.3) is 11.0 Å². The first kappa shape index (κ1) is 13.3. The van der Waals surface area contributed by atoms with E-state index < -0.39 is 0 Å². The fourth-order valence-corrected chi connectivity index (χ4v) is 2.65. The van der Waals surface area contributed by atoms with E-state index in [0.29, 0.717) is 6.42 Å². The molecule has 106 valence electrons. The van der Waals surface area contributed by atoms with Crippen LogP contribution in [0.5, 0.6) is 0 Å². The molecule has 20 heavy (non-hydrogen) atoms. The minimum Gasteiger partial charge on any atom is -0.342 e. The van der Waals surface area contributed by atoms with E-state index in [-0.39, 0.29) is 5.78 Å². The van der Waals surface area contributed by atoms with E-state index >= 15 is 0 Å². The highest BCUT2D eigenvalue weighted by atomic mass is 16.1. The number of piperazine rings is 1. The Morgan fingerprint density at radius 3 is 2.95 bits per heavy atom. The number of carbonyl (C=O) groups is 1. The highest BCUT2D eigenvalue weighted by molar-refractivity contribution is 5.98. The van der Waals surface area contributed by atoms with Gasteiger partial charge in [-0.1, -0.05) is 0 Å². The molecule has 2 aromatic rings. The van der Waals surface area contributed by atoms with Crippen molar-refractivity contribution in [2.75, 3.05) is 32.7 Å². The van der Waals surface area contributed by atoms with Gasteiger partial charge in [0.25, 0.3) is 0 Å². The Labute approximate surface area is 118 Å². The fourth-order valence-electron chi connectivity index (χ4n) is 2.65. The summed E-state index contributed by atoms with van der Waals surface area (Å²) >= 11 is 0. The first-order valence-corrected chi connectivity index (χ1v) is 7.15. The molecule has 0 spiro atoms. The quantitative estimate of drug-likeness (QED) is 0.825. The maximum atomic E-state index is 12.3. The van der Waals surface area contributed by atoms with Crippen molar-refractivity contribution in [3.8, 4) is 0 Å². The number of aryl methyl sites for hydroxylation is 1. The number of carbonyl (C=O) groups excluding carboxylic acids is 1. The Bertz CT molecular complexity index is 613.